The van der Waals surface area contributed by atoms with Gasteiger partial charge in [0, 0.05) is 18.4 Å². The number of hydrogen-bond acceptors (Lipinski definition) is 4. The fraction of sp³-hybridized carbons (Fsp3) is 0.583. The van der Waals surface area contributed by atoms with E-state index in [1.54, 1.807) is 20.8 Å². The standard InChI is InChI=1S/C9H15NO3.C3H6O2/c1-4-8(11)13-6-5-10-9(12)7(2)3;1-2-3(4)5/h4,7H,1,5-6H2,2-3H3,(H,10,12);2H2,1H3,(H,4,5). The Labute approximate surface area is 107 Å². The number of carboxylic acid groups (broad SMARTS) is 1. The molecule has 0 rings (SSSR count). The number of carboxylic acids is 1. The molecule has 0 spiro atoms. The van der Waals surface area contributed by atoms with E-state index in [2.05, 4.69) is 16.6 Å². The van der Waals surface area contributed by atoms with Crippen LogP contribution in [-0.2, 0) is 19.1 Å². The van der Waals surface area contributed by atoms with Gasteiger partial charge in [-0.25, -0.2) is 4.79 Å². The summed E-state index contributed by atoms with van der Waals surface area (Å²) in [4.78, 5) is 30.9. The van der Waals surface area contributed by atoms with Crippen molar-refractivity contribution < 1.29 is 24.2 Å². The zero-order valence-corrected chi connectivity index (χ0v) is 11.1. The van der Waals surface area contributed by atoms with E-state index in [9.17, 15) is 14.4 Å². The first kappa shape index (κ1) is 18.5. The lowest BCUT2D eigenvalue weighted by Crippen LogP contribution is -2.31. The minimum atomic E-state index is -0.745. The third-order valence-electron chi connectivity index (χ3n) is 1.64. The molecule has 104 valence electrons. The fourth-order valence-corrected chi connectivity index (χ4v) is 0.589. The summed E-state index contributed by atoms with van der Waals surface area (Å²) in [5.41, 5.74) is 0. The Morgan fingerprint density at radius 3 is 2.22 bits per heavy atom. The van der Waals surface area contributed by atoms with Gasteiger partial charge in [0.25, 0.3) is 0 Å². The average Bonchev–Trinajstić information content (AvgIpc) is 2.34. The maximum Gasteiger partial charge on any atom is 0.330 e. The molecule has 0 heterocycles. The van der Waals surface area contributed by atoms with Crippen molar-refractivity contribution in [3.63, 3.8) is 0 Å². The molecule has 0 radical (unpaired) electrons. The van der Waals surface area contributed by atoms with E-state index in [1.165, 1.54) is 0 Å². The summed E-state index contributed by atoms with van der Waals surface area (Å²) >= 11 is 0. The molecule has 0 aromatic carbocycles. The molecule has 0 aliphatic heterocycles. The van der Waals surface area contributed by atoms with Crippen LogP contribution in [0.1, 0.15) is 27.2 Å². The summed E-state index contributed by atoms with van der Waals surface area (Å²) in [6, 6.07) is 0. The van der Waals surface area contributed by atoms with E-state index in [0.29, 0.717) is 6.54 Å². The maximum atomic E-state index is 11.0. The van der Waals surface area contributed by atoms with Crippen LogP contribution >= 0.6 is 0 Å². The lowest BCUT2D eigenvalue weighted by molar-refractivity contribution is -0.138. The highest BCUT2D eigenvalue weighted by Gasteiger charge is 2.05. The van der Waals surface area contributed by atoms with Crippen molar-refractivity contribution in [3.05, 3.63) is 12.7 Å². The van der Waals surface area contributed by atoms with Crippen LogP contribution in [0.25, 0.3) is 0 Å². The van der Waals surface area contributed by atoms with Crippen LogP contribution in [0, 0.1) is 5.92 Å². The summed E-state index contributed by atoms with van der Waals surface area (Å²) in [6.07, 6.45) is 1.31. The second-order valence-corrected chi connectivity index (χ2v) is 3.56. The van der Waals surface area contributed by atoms with Crippen LogP contribution in [0.3, 0.4) is 0 Å². The molecule has 0 saturated heterocycles. The van der Waals surface area contributed by atoms with Crippen molar-refractivity contribution in [1.82, 2.24) is 5.32 Å². The number of esters is 1. The normalized spacial score (nSPS) is 8.89. The van der Waals surface area contributed by atoms with E-state index in [4.69, 9.17) is 5.11 Å². The molecular weight excluding hydrogens is 238 g/mol. The molecule has 0 aliphatic carbocycles. The number of hydrogen-bond donors (Lipinski definition) is 2. The summed E-state index contributed by atoms with van der Waals surface area (Å²) < 4.78 is 4.65. The summed E-state index contributed by atoms with van der Waals surface area (Å²) in [5.74, 6) is -1.31. The van der Waals surface area contributed by atoms with Crippen LogP contribution in [0.4, 0.5) is 0 Å². The van der Waals surface area contributed by atoms with Crippen LogP contribution in [0.2, 0.25) is 0 Å². The predicted molar refractivity (Wildman–Crippen MR) is 66.9 cm³/mol. The first-order valence-corrected chi connectivity index (χ1v) is 5.63. The molecule has 0 bridgehead atoms. The molecule has 0 saturated carbocycles. The molecule has 0 aliphatic rings. The number of carbonyl (C=O) groups excluding carboxylic acids is 2. The number of amides is 1. The average molecular weight is 259 g/mol. The van der Waals surface area contributed by atoms with Gasteiger partial charge in [-0.1, -0.05) is 27.4 Å². The molecular formula is C12H21NO5. The van der Waals surface area contributed by atoms with Crippen molar-refractivity contribution in [1.29, 1.82) is 0 Å². The summed E-state index contributed by atoms with van der Waals surface area (Å²) in [7, 11) is 0. The quantitative estimate of drug-likeness (QED) is 0.421. The van der Waals surface area contributed by atoms with Gasteiger partial charge in [-0.15, -0.1) is 0 Å². The molecule has 0 fully saturated rings. The maximum absolute atomic E-state index is 11.0. The molecule has 6 nitrogen and oxygen atoms in total. The Balaban J connectivity index is 0. The topological polar surface area (TPSA) is 92.7 Å². The second kappa shape index (κ2) is 11.6. The zero-order chi connectivity index (χ0) is 14.6. The first-order valence-electron chi connectivity index (χ1n) is 5.63. The summed E-state index contributed by atoms with van der Waals surface area (Å²) in [5, 5.41) is 10.3. The molecule has 0 unspecified atom stereocenters. The Morgan fingerprint density at radius 2 is 1.89 bits per heavy atom. The number of aliphatic carboxylic acids is 1. The third-order valence-corrected chi connectivity index (χ3v) is 1.64. The number of rotatable bonds is 6. The molecule has 0 atom stereocenters. The highest BCUT2D eigenvalue weighted by molar-refractivity contribution is 5.81. The SMILES string of the molecule is C=CC(=O)OCCNC(=O)C(C)C.CCC(=O)O. The Kier molecular flexibility index (Phi) is 12.0. The van der Waals surface area contributed by atoms with Gasteiger partial charge in [-0.05, 0) is 0 Å². The Hall–Kier alpha value is -1.85. The fourth-order valence-electron chi connectivity index (χ4n) is 0.589. The van der Waals surface area contributed by atoms with Gasteiger partial charge >= 0.3 is 11.9 Å². The molecule has 18 heavy (non-hydrogen) atoms. The van der Waals surface area contributed by atoms with E-state index >= 15 is 0 Å². The van der Waals surface area contributed by atoms with Gasteiger partial charge in [0.15, 0.2) is 0 Å². The van der Waals surface area contributed by atoms with E-state index in [0.717, 1.165) is 6.08 Å². The van der Waals surface area contributed by atoms with Gasteiger partial charge in [0.2, 0.25) is 5.91 Å². The number of ether oxygens (including phenoxy) is 1. The van der Waals surface area contributed by atoms with Gasteiger partial charge in [-0.3, -0.25) is 9.59 Å². The second-order valence-electron chi connectivity index (χ2n) is 3.56. The van der Waals surface area contributed by atoms with E-state index in [1.807, 2.05) is 0 Å². The highest BCUT2D eigenvalue weighted by atomic mass is 16.5. The van der Waals surface area contributed by atoms with Crippen LogP contribution in [0.15, 0.2) is 12.7 Å². The Bertz CT molecular complexity index is 286. The number of carbonyl (C=O) groups is 3. The molecule has 0 aromatic rings. The van der Waals surface area contributed by atoms with Gasteiger partial charge in [0.05, 0.1) is 6.54 Å². The van der Waals surface area contributed by atoms with E-state index in [-0.39, 0.29) is 24.9 Å². The van der Waals surface area contributed by atoms with Crippen molar-refractivity contribution in [3.8, 4) is 0 Å². The first-order chi connectivity index (χ1) is 8.34. The van der Waals surface area contributed by atoms with Crippen LogP contribution < -0.4 is 5.32 Å². The molecule has 2 N–H and O–H groups in total. The summed E-state index contributed by atoms with van der Waals surface area (Å²) in [6.45, 7) is 8.96. The van der Waals surface area contributed by atoms with Crippen LogP contribution in [0.5, 0.6) is 0 Å². The monoisotopic (exact) mass is 259 g/mol. The molecule has 1 amide bonds. The highest BCUT2D eigenvalue weighted by Crippen LogP contribution is 1.89. The van der Waals surface area contributed by atoms with Crippen LogP contribution in [-0.4, -0.2) is 36.1 Å². The van der Waals surface area contributed by atoms with Gasteiger partial charge in [-0.2, -0.15) is 0 Å². The van der Waals surface area contributed by atoms with Crippen molar-refractivity contribution in [2.75, 3.05) is 13.2 Å². The number of nitrogens with one attached hydrogen (secondary N) is 1. The van der Waals surface area contributed by atoms with Gasteiger partial charge in [0.1, 0.15) is 6.61 Å². The van der Waals surface area contributed by atoms with Crippen molar-refractivity contribution in [2.45, 2.75) is 27.2 Å². The minimum Gasteiger partial charge on any atom is -0.481 e. The van der Waals surface area contributed by atoms with Crippen molar-refractivity contribution in [2.24, 2.45) is 5.92 Å². The Morgan fingerprint density at radius 1 is 1.39 bits per heavy atom. The zero-order valence-electron chi connectivity index (χ0n) is 11.1. The largest absolute Gasteiger partial charge is 0.481 e. The lowest BCUT2D eigenvalue weighted by atomic mass is 10.2. The lowest BCUT2D eigenvalue weighted by Gasteiger charge is -2.06. The molecule has 0 aromatic heterocycles. The van der Waals surface area contributed by atoms with Crippen molar-refractivity contribution >= 4 is 17.8 Å². The van der Waals surface area contributed by atoms with Gasteiger partial charge < -0.3 is 15.2 Å². The smallest absolute Gasteiger partial charge is 0.330 e. The van der Waals surface area contributed by atoms with E-state index < -0.39 is 11.9 Å². The third kappa shape index (κ3) is 14.1. The molecule has 6 heteroatoms. The predicted octanol–water partition coefficient (Wildman–Crippen LogP) is 0.969. The minimum absolute atomic E-state index is 0.0462.